The van der Waals surface area contributed by atoms with Gasteiger partial charge in [0.1, 0.15) is 0 Å². The van der Waals surface area contributed by atoms with E-state index in [0.29, 0.717) is 0 Å². The molecule has 1 atom stereocenters. The molecular weight excluding hydrogens is 248 g/mol. The lowest BCUT2D eigenvalue weighted by molar-refractivity contribution is 0.0988. The van der Waals surface area contributed by atoms with Crippen molar-refractivity contribution < 1.29 is 5.11 Å². The zero-order valence-electron chi connectivity index (χ0n) is 12.5. The molecule has 1 aliphatic heterocycles. The van der Waals surface area contributed by atoms with Crippen LogP contribution in [0.2, 0.25) is 0 Å². The predicted octanol–water partition coefficient (Wildman–Crippen LogP) is 2.20. The van der Waals surface area contributed by atoms with E-state index in [4.69, 9.17) is 0 Å². The Bertz CT molecular complexity index is 436. The predicted molar refractivity (Wildman–Crippen MR) is 81.8 cm³/mol. The highest BCUT2D eigenvalue weighted by Crippen LogP contribution is 2.27. The van der Waals surface area contributed by atoms with E-state index in [1.165, 1.54) is 31.5 Å². The van der Waals surface area contributed by atoms with E-state index in [2.05, 4.69) is 22.8 Å². The molecule has 0 bridgehead atoms. The normalized spacial score (nSPS) is 22.9. The fourth-order valence-electron chi connectivity index (χ4n) is 3.21. The molecule has 3 nitrogen and oxygen atoms in total. The molecular formula is C17H26N2O. The zero-order chi connectivity index (χ0) is 13.9. The number of piperazine rings is 1. The molecule has 0 radical (unpaired) electrons. The van der Waals surface area contributed by atoms with Crippen molar-refractivity contribution in [1.82, 2.24) is 9.80 Å². The minimum atomic E-state index is -0.322. The van der Waals surface area contributed by atoms with E-state index in [0.717, 1.165) is 37.7 Å². The first-order chi connectivity index (χ1) is 9.74. The van der Waals surface area contributed by atoms with Gasteiger partial charge in [-0.05, 0) is 37.3 Å². The van der Waals surface area contributed by atoms with Gasteiger partial charge >= 0.3 is 0 Å². The maximum atomic E-state index is 10.3. The molecule has 2 aliphatic rings. The Morgan fingerprint density at radius 3 is 2.50 bits per heavy atom. The summed E-state index contributed by atoms with van der Waals surface area (Å²) in [6, 6.07) is 9.07. The Morgan fingerprint density at radius 2 is 1.85 bits per heavy atom. The van der Waals surface area contributed by atoms with Crippen LogP contribution in [0.5, 0.6) is 0 Å². The number of nitrogens with zero attached hydrogens (tertiary/aromatic N) is 2. The van der Waals surface area contributed by atoms with Crippen molar-refractivity contribution in [1.29, 1.82) is 0 Å². The van der Waals surface area contributed by atoms with Gasteiger partial charge in [-0.25, -0.2) is 0 Å². The molecule has 20 heavy (non-hydrogen) atoms. The number of hydrogen-bond acceptors (Lipinski definition) is 3. The molecule has 0 spiro atoms. The van der Waals surface area contributed by atoms with Crippen molar-refractivity contribution in [2.75, 3.05) is 32.7 Å². The van der Waals surface area contributed by atoms with E-state index in [1.807, 2.05) is 18.2 Å². The molecule has 1 saturated carbocycles. The first kappa shape index (κ1) is 14.1. The van der Waals surface area contributed by atoms with Crippen LogP contribution >= 0.6 is 0 Å². The first-order valence-corrected chi connectivity index (χ1v) is 7.94. The number of benzene rings is 1. The van der Waals surface area contributed by atoms with Gasteiger partial charge in [-0.15, -0.1) is 0 Å². The molecule has 1 aliphatic carbocycles. The Kier molecular flexibility index (Phi) is 4.39. The quantitative estimate of drug-likeness (QED) is 0.891. The summed E-state index contributed by atoms with van der Waals surface area (Å²) >= 11 is 0. The largest absolute Gasteiger partial charge is 0.388 e. The highest BCUT2D eigenvalue weighted by Gasteiger charge is 2.31. The molecule has 110 valence electrons. The SMILES string of the molecule is Cc1ccccc1C(O)CCN1CCN(C2CC2)CC1. The van der Waals surface area contributed by atoms with Gasteiger partial charge in [0.25, 0.3) is 0 Å². The van der Waals surface area contributed by atoms with Gasteiger partial charge in [0.05, 0.1) is 6.10 Å². The second-order valence-electron chi connectivity index (χ2n) is 6.27. The molecule has 1 aromatic rings. The molecule has 1 heterocycles. The van der Waals surface area contributed by atoms with Crippen LogP contribution in [0.25, 0.3) is 0 Å². The Morgan fingerprint density at radius 1 is 1.15 bits per heavy atom. The van der Waals surface area contributed by atoms with Crippen molar-refractivity contribution in [3.8, 4) is 0 Å². The number of rotatable bonds is 5. The lowest BCUT2D eigenvalue weighted by Gasteiger charge is -2.35. The van der Waals surface area contributed by atoms with Crippen LogP contribution in [0.3, 0.4) is 0 Å². The second-order valence-corrected chi connectivity index (χ2v) is 6.27. The number of hydrogen-bond donors (Lipinski definition) is 1. The maximum Gasteiger partial charge on any atom is 0.0804 e. The van der Waals surface area contributed by atoms with Crippen LogP contribution in [0.4, 0.5) is 0 Å². The van der Waals surface area contributed by atoms with Crippen molar-refractivity contribution in [2.45, 2.75) is 38.3 Å². The maximum absolute atomic E-state index is 10.3. The average molecular weight is 274 g/mol. The highest BCUT2D eigenvalue weighted by molar-refractivity contribution is 5.27. The molecule has 2 fully saturated rings. The molecule has 1 N–H and O–H groups in total. The van der Waals surface area contributed by atoms with Crippen molar-refractivity contribution >= 4 is 0 Å². The summed E-state index contributed by atoms with van der Waals surface area (Å²) in [7, 11) is 0. The van der Waals surface area contributed by atoms with Crippen LogP contribution < -0.4 is 0 Å². The monoisotopic (exact) mass is 274 g/mol. The topological polar surface area (TPSA) is 26.7 Å². The van der Waals surface area contributed by atoms with Gasteiger partial charge in [-0.3, -0.25) is 4.90 Å². The minimum absolute atomic E-state index is 0.322. The fraction of sp³-hybridized carbons (Fsp3) is 0.647. The zero-order valence-corrected chi connectivity index (χ0v) is 12.5. The van der Waals surface area contributed by atoms with E-state index in [1.54, 1.807) is 0 Å². The summed E-state index contributed by atoms with van der Waals surface area (Å²) in [5.41, 5.74) is 2.28. The average Bonchev–Trinajstić information content (AvgIpc) is 3.30. The van der Waals surface area contributed by atoms with Crippen molar-refractivity contribution in [2.24, 2.45) is 0 Å². The van der Waals surface area contributed by atoms with Gasteiger partial charge in [-0.2, -0.15) is 0 Å². The van der Waals surface area contributed by atoms with Gasteiger partial charge in [0.15, 0.2) is 0 Å². The van der Waals surface area contributed by atoms with E-state index < -0.39 is 0 Å². The summed E-state index contributed by atoms with van der Waals surface area (Å²) in [6.07, 6.45) is 3.34. The van der Waals surface area contributed by atoms with Crippen molar-refractivity contribution in [3.63, 3.8) is 0 Å². The summed E-state index contributed by atoms with van der Waals surface area (Å²) in [4.78, 5) is 5.13. The van der Waals surface area contributed by atoms with Gasteiger partial charge in [0, 0.05) is 38.8 Å². The Hall–Kier alpha value is -0.900. The minimum Gasteiger partial charge on any atom is -0.388 e. The van der Waals surface area contributed by atoms with Crippen molar-refractivity contribution in [3.05, 3.63) is 35.4 Å². The highest BCUT2D eigenvalue weighted by atomic mass is 16.3. The van der Waals surface area contributed by atoms with Crippen LogP contribution in [0.15, 0.2) is 24.3 Å². The third-order valence-corrected chi connectivity index (χ3v) is 4.74. The summed E-state index contributed by atoms with van der Waals surface area (Å²) in [5.74, 6) is 0. The third kappa shape index (κ3) is 3.40. The fourth-order valence-corrected chi connectivity index (χ4v) is 3.21. The second kappa shape index (κ2) is 6.25. The van der Waals surface area contributed by atoms with Crippen LogP contribution in [-0.4, -0.2) is 53.7 Å². The molecule has 0 amide bonds. The van der Waals surface area contributed by atoms with Crippen LogP contribution in [0.1, 0.15) is 36.5 Å². The number of aryl methyl sites for hydroxylation is 1. The first-order valence-electron chi connectivity index (χ1n) is 7.94. The summed E-state index contributed by atoms with van der Waals surface area (Å²) in [5, 5.41) is 10.3. The van der Waals surface area contributed by atoms with Crippen LogP contribution in [0, 0.1) is 6.92 Å². The lowest BCUT2D eigenvalue weighted by atomic mass is 10.0. The van der Waals surface area contributed by atoms with E-state index in [-0.39, 0.29) is 6.10 Å². The molecule has 1 aromatic carbocycles. The van der Waals surface area contributed by atoms with E-state index in [9.17, 15) is 5.11 Å². The number of aliphatic hydroxyl groups excluding tert-OH is 1. The molecule has 0 aromatic heterocycles. The molecule has 3 rings (SSSR count). The third-order valence-electron chi connectivity index (χ3n) is 4.74. The molecule has 3 heteroatoms. The van der Waals surface area contributed by atoms with Gasteiger partial charge in [0.2, 0.25) is 0 Å². The Balaban J connectivity index is 1.44. The van der Waals surface area contributed by atoms with Crippen LogP contribution in [-0.2, 0) is 0 Å². The molecule has 1 saturated heterocycles. The van der Waals surface area contributed by atoms with E-state index >= 15 is 0 Å². The molecule has 1 unspecified atom stereocenters. The Labute approximate surface area is 122 Å². The summed E-state index contributed by atoms with van der Waals surface area (Å²) < 4.78 is 0. The number of aliphatic hydroxyl groups is 1. The smallest absolute Gasteiger partial charge is 0.0804 e. The lowest BCUT2D eigenvalue weighted by Crippen LogP contribution is -2.47. The standard InChI is InChI=1S/C17H26N2O/c1-14-4-2-3-5-16(14)17(20)8-9-18-10-12-19(13-11-18)15-6-7-15/h2-5,15,17,20H,6-13H2,1H3. The van der Waals surface area contributed by atoms with Gasteiger partial charge in [-0.1, -0.05) is 24.3 Å². The summed E-state index contributed by atoms with van der Waals surface area (Å²) in [6.45, 7) is 7.84. The van der Waals surface area contributed by atoms with Gasteiger partial charge < -0.3 is 10.0 Å².